The van der Waals surface area contributed by atoms with Crippen LogP contribution in [0, 0.1) is 5.92 Å². The third-order valence-corrected chi connectivity index (χ3v) is 9.61. The van der Waals surface area contributed by atoms with Gasteiger partial charge in [0, 0.05) is 44.0 Å². The number of aromatic amines is 1. The first-order valence-corrected chi connectivity index (χ1v) is 18.8. The first kappa shape index (κ1) is 43.7. The van der Waals surface area contributed by atoms with Crippen molar-refractivity contribution >= 4 is 64.1 Å². The van der Waals surface area contributed by atoms with E-state index in [2.05, 4.69) is 41.5 Å². The number of hydrogen-bond acceptors (Lipinski definition) is 14. The molecule has 5 rings (SSSR count). The lowest BCUT2D eigenvalue weighted by molar-refractivity contribution is -0.172. The number of fused-ring (bicyclic) bond motifs is 1. The number of benzene rings is 1. The fraction of sp³-hybridized carbons (Fsp3) is 0.447. The Labute approximate surface area is 338 Å². The van der Waals surface area contributed by atoms with Crippen LogP contribution in [0.5, 0.6) is 0 Å². The van der Waals surface area contributed by atoms with Gasteiger partial charge in [0.05, 0.1) is 17.5 Å². The molecule has 21 nitrogen and oxygen atoms in total. The number of imide groups is 1. The van der Waals surface area contributed by atoms with Crippen molar-refractivity contribution in [2.45, 2.75) is 83.4 Å². The second kappa shape index (κ2) is 19.3. The topological polar surface area (TPSA) is 287 Å². The number of aliphatic hydroxyl groups excluding tert-OH is 2. The van der Waals surface area contributed by atoms with Gasteiger partial charge < -0.3 is 56.2 Å². The van der Waals surface area contributed by atoms with E-state index in [1.807, 2.05) is 0 Å². The molecule has 0 bridgehead atoms. The van der Waals surface area contributed by atoms with Crippen molar-refractivity contribution in [2.75, 3.05) is 30.8 Å². The molecule has 8 N–H and O–H groups in total. The summed E-state index contributed by atoms with van der Waals surface area (Å²) in [4.78, 5) is 101. The number of likely N-dealkylation sites (N-methyl/N-ethyl adjacent to an activating group) is 1. The Kier molecular flexibility index (Phi) is 14.3. The summed E-state index contributed by atoms with van der Waals surface area (Å²) in [6.07, 6.45) is -0.442. The number of amides is 7. The van der Waals surface area contributed by atoms with Crippen molar-refractivity contribution in [1.82, 2.24) is 40.7 Å². The number of H-pyrrole nitrogens is 1. The van der Waals surface area contributed by atoms with Crippen LogP contribution in [-0.2, 0) is 44.8 Å². The Bertz CT molecular complexity index is 2060. The summed E-state index contributed by atoms with van der Waals surface area (Å²) in [5.74, 6) is -3.32. The molecule has 2 aliphatic rings. The Morgan fingerprint density at radius 3 is 2.32 bits per heavy atom. The molecule has 0 saturated carbocycles. The predicted octanol–water partition coefficient (Wildman–Crippen LogP) is -0.511. The van der Waals surface area contributed by atoms with Crippen molar-refractivity contribution < 1.29 is 53.2 Å². The number of nitrogens with one attached hydrogen (secondary N) is 6. The van der Waals surface area contributed by atoms with Crippen molar-refractivity contribution in [3.8, 4) is 0 Å². The average Bonchev–Trinajstić information content (AvgIpc) is 3.81. The number of nitrogens with zero attached hydrogens (tertiary/aromatic N) is 4. The van der Waals surface area contributed by atoms with E-state index in [4.69, 9.17) is 9.47 Å². The van der Waals surface area contributed by atoms with Crippen LogP contribution < -0.4 is 26.6 Å². The number of aliphatic hydroxyl groups is 2. The smallest absolute Gasteiger partial charge is 0.410 e. The zero-order valence-electron chi connectivity index (χ0n) is 33.0. The van der Waals surface area contributed by atoms with Crippen LogP contribution in [0.4, 0.5) is 16.3 Å². The van der Waals surface area contributed by atoms with Crippen molar-refractivity contribution in [1.29, 1.82) is 0 Å². The zero-order chi connectivity index (χ0) is 43.0. The second-order valence-electron chi connectivity index (χ2n) is 14.5. The normalized spacial score (nSPS) is 21.2. The summed E-state index contributed by atoms with van der Waals surface area (Å²) < 4.78 is 11.2. The third kappa shape index (κ3) is 11.1. The van der Waals surface area contributed by atoms with Gasteiger partial charge in [-0.05, 0) is 43.5 Å². The van der Waals surface area contributed by atoms with Gasteiger partial charge in [0.15, 0.2) is 6.23 Å². The minimum Gasteiger partial charge on any atom is -0.445 e. The standard InChI is InChI=1S/C38H48N10O11/c1-19(2)29(44-25(49)13-15-48-27(51)10-11-28(48)52)36(56)42-20(3)35(55)43-23-8-6-22(7-9-23)17-58-38(57)47(5)16-26(50)45-30-21(4)59-37(32(54)31(30)53)46-34-24-12-14-39-33(24)40-18-41-34/h6-12,14,18-21,29-32,37,53-54H,13,15-17H2,1-5H3,(H,42,56)(H,43,55)(H,44,49)(H,45,50)(H2,39,40,41,46)/t20-,21-,29?,30-,31+,32+,37-/m0/s1. The van der Waals surface area contributed by atoms with Crippen LogP contribution in [0.15, 0.2) is 55.0 Å². The quantitative estimate of drug-likeness (QED) is 0.0846. The Morgan fingerprint density at radius 2 is 1.64 bits per heavy atom. The Hall–Kier alpha value is -6.45. The van der Waals surface area contributed by atoms with E-state index in [0.29, 0.717) is 28.1 Å². The van der Waals surface area contributed by atoms with E-state index >= 15 is 0 Å². The molecule has 0 aliphatic carbocycles. The average molecular weight is 821 g/mol. The molecule has 316 valence electrons. The molecular weight excluding hydrogens is 772 g/mol. The lowest BCUT2D eigenvalue weighted by atomic mass is 9.96. The maximum atomic E-state index is 13.0. The molecule has 59 heavy (non-hydrogen) atoms. The zero-order valence-corrected chi connectivity index (χ0v) is 33.0. The highest BCUT2D eigenvalue weighted by Gasteiger charge is 2.44. The third-order valence-electron chi connectivity index (χ3n) is 9.61. The molecule has 7 atom stereocenters. The fourth-order valence-corrected chi connectivity index (χ4v) is 6.23. The van der Waals surface area contributed by atoms with Gasteiger partial charge in [-0.15, -0.1) is 0 Å². The minimum atomic E-state index is -1.45. The number of hydrogen-bond donors (Lipinski definition) is 8. The number of carbonyl (C=O) groups is 7. The van der Waals surface area contributed by atoms with E-state index < -0.39 is 90.7 Å². The lowest BCUT2D eigenvalue weighted by Crippen LogP contribution is -2.64. The number of rotatable bonds is 16. The second-order valence-corrected chi connectivity index (χ2v) is 14.5. The molecule has 0 radical (unpaired) electrons. The van der Waals surface area contributed by atoms with Crippen molar-refractivity contribution in [2.24, 2.45) is 5.92 Å². The van der Waals surface area contributed by atoms with E-state index in [0.717, 1.165) is 22.0 Å². The summed E-state index contributed by atoms with van der Waals surface area (Å²) in [5.41, 5.74) is 1.52. The van der Waals surface area contributed by atoms with Gasteiger partial charge >= 0.3 is 6.09 Å². The maximum Gasteiger partial charge on any atom is 0.410 e. The summed E-state index contributed by atoms with van der Waals surface area (Å²) in [7, 11) is 1.35. The Morgan fingerprint density at radius 1 is 0.949 bits per heavy atom. The largest absolute Gasteiger partial charge is 0.445 e. The summed E-state index contributed by atoms with van der Waals surface area (Å²) in [6.45, 7) is 5.79. The van der Waals surface area contributed by atoms with Gasteiger partial charge in [0.2, 0.25) is 23.6 Å². The van der Waals surface area contributed by atoms with E-state index in [1.165, 1.54) is 20.3 Å². The maximum absolute atomic E-state index is 13.0. The van der Waals surface area contributed by atoms with Crippen LogP contribution in [0.1, 0.15) is 39.7 Å². The molecule has 1 aromatic carbocycles. The molecule has 1 unspecified atom stereocenters. The van der Waals surface area contributed by atoms with E-state index in [-0.39, 0.29) is 25.5 Å². The van der Waals surface area contributed by atoms with Gasteiger partial charge in [-0.25, -0.2) is 14.8 Å². The van der Waals surface area contributed by atoms with Gasteiger partial charge in [-0.2, -0.15) is 0 Å². The molecule has 7 amide bonds. The minimum absolute atomic E-state index is 0.139. The highest BCUT2D eigenvalue weighted by molar-refractivity contribution is 6.13. The molecule has 4 heterocycles. The first-order valence-electron chi connectivity index (χ1n) is 18.8. The first-order chi connectivity index (χ1) is 28.0. The molecule has 2 aromatic heterocycles. The Balaban J connectivity index is 1.02. The number of carbonyl (C=O) groups excluding carboxylic acids is 7. The SMILES string of the molecule is CC(C)C(NC(=O)CCN1C(=O)C=CC1=O)C(=O)N[C@@H](C)C(=O)Nc1ccc(COC(=O)N(C)CC(=O)N[C@@H]2[C@@H](O)[C@@H](O)[C@@H](Nc3ncnc4[nH]ccc34)O[C@H]2C)cc1. The predicted molar refractivity (Wildman–Crippen MR) is 209 cm³/mol. The highest BCUT2D eigenvalue weighted by atomic mass is 16.6. The van der Waals surface area contributed by atoms with Crippen molar-refractivity contribution in [3.05, 3.63) is 60.6 Å². The molecule has 3 aromatic rings. The van der Waals surface area contributed by atoms with Crippen LogP contribution in [0.25, 0.3) is 11.0 Å². The monoisotopic (exact) mass is 820 g/mol. The van der Waals surface area contributed by atoms with Crippen LogP contribution in [-0.4, -0.2) is 139 Å². The van der Waals surface area contributed by atoms with E-state index in [1.54, 1.807) is 57.3 Å². The molecule has 1 fully saturated rings. The summed E-state index contributed by atoms with van der Waals surface area (Å²) in [5, 5.41) is 35.8. The summed E-state index contributed by atoms with van der Waals surface area (Å²) >= 11 is 0. The highest BCUT2D eigenvalue weighted by Crippen LogP contribution is 2.25. The van der Waals surface area contributed by atoms with Crippen LogP contribution in [0.3, 0.4) is 0 Å². The molecule has 21 heteroatoms. The molecule has 0 spiro atoms. The van der Waals surface area contributed by atoms with Crippen molar-refractivity contribution in [3.63, 3.8) is 0 Å². The van der Waals surface area contributed by atoms with Gasteiger partial charge in [-0.3, -0.25) is 33.7 Å². The number of aromatic nitrogens is 3. The van der Waals surface area contributed by atoms with E-state index in [9.17, 15) is 43.8 Å². The van der Waals surface area contributed by atoms with Crippen LogP contribution >= 0.6 is 0 Å². The molecule has 1 saturated heterocycles. The molecule has 2 aliphatic heterocycles. The van der Waals surface area contributed by atoms with Crippen LogP contribution in [0.2, 0.25) is 0 Å². The molecular formula is C38H48N10O11. The number of anilines is 2. The summed E-state index contributed by atoms with van der Waals surface area (Å²) in [6, 6.07) is 5.10. The lowest BCUT2D eigenvalue weighted by Gasteiger charge is -2.42. The fourth-order valence-electron chi connectivity index (χ4n) is 6.23. The van der Waals surface area contributed by atoms with Gasteiger partial charge in [-0.1, -0.05) is 26.0 Å². The van der Waals surface area contributed by atoms with Gasteiger partial charge in [0.1, 0.15) is 55.2 Å². The number of ether oxygens (including phenoxy) is 2. The van der Waals surface area contributed by atoms with Gasteiger partial charge in [0.25, 0.3) is 11.8 Å².